The minimum absolute atomic E-state index is 0.0322. The van der Waals surface area contributed by atoms with Crippen molar-refractivity contribution in [2.45, 2.75) is 31.7 Å². The quantitative estimate of drug-likeness (QED) is 0.645. The first-order valence-electron chi connectivity index (χ1n) is 8.74. The molecule has 0 bridgehead atoms. The summed E-state index contributed by atoms with van der Waals surface area (Å²) in [4.78, 5) is 29.3. The third-order valence-corrected chi connectivity index (χ3v) is 5.58. The number of anilines is 1. The lowest BCUT2D eigenvalue weighted by molar-refractivity contribution is -0.138. The monoisotopic (exact) mass is 445 g/mol. The molecule has 1 saturated heterocycles. The van der Waals surface area contributed by atoms with Crippen molar-refractivity contribution in [1.82, 2.24) is 9.55 Å². The number of carbonyl (C=O) groups is 2. The first kappa shape index (κ1) is 20.5. The molecular formula is C17H14F3N3O6S. The summed E-state index contributed by atoms with van der Waals surface area (Å²) < 4.78 is 72.6. The molecule has 9 nitrogen and oxygen atoms in total. The Bertz CT molecular complexity index is 1100. The van der Waals surface area contributed by atoms with Gasteiger partial charge in [0.05, 0.1) is 17.6 Å². The van der Waals surface area contributed by atoms with Gasteiger partial charge in [0.1, 0.15) is 0 Å². The van der Waals surface area contributed by atoms with Crippen LogP contribution in [0.1, 0.15) is 24.0 Å². The van der Waals surface area contributed by atoms with Crippen LogP contribution in [0.2, 0.25) is 0 Å². The van der Waals surface area contributed by atoms with Crippen LogP contribution in [-0.2, 0) is 41.0 Å². The summed E-state index contributed by atoms with van der Waals surface area (Å²) in [6.45, 7) is -0.0322. The summed E-state index contributed by atoms with van der Waals surface area (Å²) in [5, 5.41) is 0. The van der Waals surface area contributed by atoms with Gasteiger partial charge in [-0.1, -0.05) is 0 Å². The molecule has 2 aliphatic heterocycles. The molecule has 13 heteroatoms. The summed E-state index contributed by atoms with van der Waals surface area (Å²) in [7, 11) is -3.95. The molecule has 1 aromatic heterocycles. The number of fused-ring (bicyclic) bond motifs is 1. The zero-order valence-corrected chi connectivity index (χ0v) is 15.9. The summed E-state index contributed by atoms with van der Waals surface area (Å²) in [5.74, 6) is -1.67. The minimum atomic E-state index is -4.69. The van der Waals surface area contributed by atoms with E-state index in [-0.39, 0.29) is 36.3 Å². The molecule has 0 N–H and O–H groups in total. The molecule has 2 aliphatic rings. The first-order valence-corrected chi connectivity index (χ1v) is 10.1. The number of halogens is 3. The molecule has 1 aromatic carbocycles. The Labute approximate surface area is 168 Å². The fourth-order valence-electron chi connectivity index (χ4n) is 3.37. The molecule has 0 unspecified atom stereocenters. The molecule has 0 saturated carbocycles. The maximum Gasteiger partial charge on any atom is 0.418 e. The topological polar surface area (TPSA) is 108 Å². The highest BCUT2D eigenvalue weighted by atomic mass is 32.3. The number of Topliss-reactive ketones (excluding diaryl/α,β-unsaturated/α-hetero) is 1. The summed E-state index contributed by atoms with van der Waals surface area (Å²) in [6, 6.07) is 2.07. The normalized spacial score (nSPS) is 19.0. The van der Waals surface area contributed by atoms with Gasteiger partial charge in [-0.05, 0) is 24.1 Å². The molecule has 0 spiro atoms. The van der Waals surface area contributed by atoms with Gasteiger partial charge in [0.25, 0.3) is 5.91 Å². The average Bonchev–Trinajstić information content (AvgIpc) is 3.16. The van der Waals surface area contributed by atoms with E-state index < -0.39 is 46.5 Å². The van der Waals surface area contributed by atoms with Crippen LogP contribution in [0.15, 0.2) is 30.9 Å². The second-order valence-electron chi connectivity index (χ2n) is 6.70. The van der Waals surface area contributed by atoms with E-state index in [0.29, 0.717) is 0 Å². The zero-order chi connectivity index (χ0) is 21.7. The third kappa shape index (κ3) is 3.82. The second kappa shape index (κ2) is 7.18. The van der Waals surface area contributed by atoms with Crippen molar-refractivity contribution >= 4 is 27.8 Å². The number of imidazole rings is 1. The Hall–Kier alpha value is -2.77. The van der Waals surface area contributed by atoms with E-state index >= 15 is 0 Å². The highest BCUT2D eigenvalue weighted by molar-refractivity contribution is 7.82. The van der Waals surface area contributed by atoms with Crippen molar-refractivity contribution in [1.29, 1.82) is 0 Å². The standard InChI is InChI=1S/C17H14F3N3O6S/c18-17(19,20)11-6-10-7-14(24)16(25)23(4-1-2-15-28-30(26,27)29-15)12(10)8-13(11)22-5-3-21-9-22/h3,5-6,8-9,15H,1-2,4,7H2. The van der Waals surface area contributed by atoms with Crippen molar-refractivity contribution in [2.75, 3.05) is 11.4 Å². The first-order chi connectivity index (χ1) is 14.0. The van der Waals surface area contributed by atoms with Crippen LogP contribution in [0.3, 0.4) is 0 Å². The van der Waals surface area contributed by atoms with Crippen molar-refractivity contribution in [3.8, 4) is 5.69 Å². The van der Waals surface area contributed by atoms with Crippen LogP contribution in [-0.4, -0.2) is 42.5 Å². The van der Waals surface area contributed by atoms with Crippen molar-refractivity contribution in [3.05, 3.63) is 42.0 Å². The van der Waals surface area contributed by atoms with Crippen LogP contribution < -0.4 is 4.90 Å². The molecule has 2 aromatic rings. The van der Waals surface area contributed by atoms with Gasteiger partial charge in [-0.25, -0.2) is 13.4 Å². The van der Waals surface area contributed by atoms with Gasteiger partial charge in [-0.15, -0.1) is 0 Å². The lowest BCUT2D eigenvalue weighted by Gasteiger charge is -2.31. The van der Waals surface area contributed by atoms with Gasteiger partial charge in [-0.3, -0.25) is 9.59 Å². The summed E-state index contributed by atoms with van der Waals surface area (Å²) in [6.07, 6.45) is -1.95. The Morgan fingerprint density at radius 3 is 2.50 bits per heavy atom. The van der Waals surface area contributed by atoms with Crippen LogP contribution in [0.4, 0.5) is 18.9 Å². The Kier molecular flexibility index (Phi) is 4.91. The number of amides is 1. The number of alkyl halides is 3. The van der Waals surface area contributed by atoms with Crippen LogP contribution in [0, 0.1) is 0 Å². The highest BCUT2D eigenvalue weighted by Crippen LogP contribution is 2.39. The van der Waals surface area contributed by atoms with Gasteiger partial charge >= 0.3 is 16.6 Å². The third-order valence-electron chi connectivity index (χ3n) is 4.68. The van der Waals surface area contributed by atoms with Crippen molar-refractivity contribution in [2.24, 2.45) is 0 Å². The zero-order valence-electron chi connectivity index (χ0n) is 15.1. The van der Waals surface area contributed by atoms with E-state index in [1.165, 1.54) is 29.4 Å². The predicted octanol–water partition coefficient (Wildman–Crippen LogP) is 1.75. The molecule has 0 atom stereocenters. The number of benzene rings is 1. The molecule has 160 valence electrons. The molecule has 4 rings (SSSR count). The van der Waals surface area contributed by atoms with Crippen LogP contribution in [0.25, 0.3) is 5.69 Å². The Morgan fingerprint density at radius 1 is 1.17 bits per heavy atom. The van der Waals surface area contributed by atoms with E-state index in [1.807, 2.05) is 0 Å². The van der Waals surface area contributed by atoms with E-state index in [9.17, 15) is 31.2 Å². The van der Waals surface area contributed by atoms with E-state index in [4.69, 9.17) is 0 Å². The van der Waals surface area contributed by atoms with E-state index in [1.54, 1.807) is 0 Å². The number of nitrogens with zero attached hydrogens (tertiary/aromatic N) is 3. The molecule has 1 amide bonds. The lowest BCUT2D eigenvalue weighted by Crippen LogP contribution is -2.43. The number of carbonyl (C=O) groups excluding carboxylic acids is 2. The number of aromatic nitrogens is 2. The SMILES string of the molecule is O=C1Cc2cc(C(F)(F)F)c(-n3ccnc3)cc2N(CCCC2OS(=O)(=O)O2)C1=O. The smallest absolute Gasteiger partial charge is 0.306 e. The van der Waals surface area contributed by atoms with Gasteiger partial charge in [-0.2, -0.15) is 21.6 Å². The van der Waals surface area contributed by atoms with Crippen LogP contribution >= 0.6 is 0 Å². The Morgan fingerprint density at radius 2 is 1.90 bits per heavy atom. The molecular weight excluding hydrogens is 431 g/mol. The summed E-state index contributed by atoms with van der Waals surface area (Å²) >= 11 is 0. The lowest BCUT2D eigenvalue weighted by atomic mass is 9.96. The van der Waals surface area contributed by atoms with Crippen molar-refractivity contribution < 1.29 is 39.5 Å². The number of rotatable bonds is 5. The number of ketones is 1. The van der Waals surface area contributed by atoms with Gasteiger partial charge in [0.2, 0.25) is 5.78 Å². The molecule has 0 aliphatic carbocycles. The maximum atomic E-state index is 13.6. The largest absolute Gasteiger partial charge is 0.418 e. The summed E-state index contributed by atoms with van der Waals surface area (Å²) in [5.41, 5.74) is -0.931. The fourth-order valence-corrected chi connectivity index (χ4v) is 4.10. The van der Waals surface area contributed by atoms with Gasteiger partial charge in [0.15, 0.2) is 6.29 Å². The molecule has 3 heterocycles. The van der Waals surface area contributed by atoms with Gasteiger partial charge in [0, 0.05) is 37.5 Å². The van der Waals surface area contributed by atoms with Crippen molar-refractivity contribution in [3.63, 3.8) is 0 Å². The molecule has 0 radical (unpaired) electrons. The fraction of sp³-hybridized carbons (Fsp3) is 0.353. The molecule has 30 heavy (non-hydrogen) atoms. The predicted molar refractivity (Wildman–Crippen MR) is 93.7 cm³/mol. The average molecular weight is 445 g/mol. The number of hydrogen-bond acceptors (Lipinski definition) is 7. The van der Waals surface area contributed by atoms with E-state index in [0.717, 1.165) is 11.0 Å². The van der Waals surface area contributed by atoms with Crippen LogP contribution in [0.5, 0.6) is 0 Å². The Balaban J connectivity index is 1.66. The molecule has 1 fully saturated rings. The number of hydrogen-bond donors (Lipinski definition) is 0. The minimum Gasteiger partial charge on any atom is -0.306 e. The second-order valence-corrected chi connectivity index (χ2v) is 7.90. The maximum absolute atomic E-state index is 13.6. The van der Waals surface area contributed by atoms with Gasteiger partial charge < -0.3 is 9.47 Å². The highest BCUT2D eigenvalue weighted by Gasteiger charge is 2.39. The van der Waals surface area contributed by atoms with E-state index in [2.05, 4.69) is 13.4 Å².